The van der Waals surface area contributed by atoms with Crippen molar-refractivity contribution in [3.63, 3.8) is 0 Å². The number of methoxy groups -OCH3 is 1. The number of alkyl halides is 6. The van der Waals surface area contributed by atoms with E-state index in [1.165, 1.54) is 25.3 Å². The van der Waals surface area contributed by atoms with E-state index in [4.69, 9.17) is 16.0 Å². The number of carbonyl (C=O) groups is 2. The maximum absolute atomic E-state index is 13.9. The predicted molar refractivity (Wildman–Crippen MR) is 92.3 cm³/mol. The van der Waals surface area contributed by atoms with Crippen molar-refractivity contribution >= 4 is 29.2 Å². The molecular formula is C17H14ClF5N2O5. The third kappa shape index (κ3) is 4.99. The molecule has 2 rings (SSSR count). The Balaban J connectivity index is 2.90. The molecule has 2 aromatic rings. The number of halogens is 6. The molecule has 0 aliphatic carbocycles. The minimum atomic E-state index is -5.37. The Morgan fingerprint density at radius 2 is 1.80 bits per heavy atom. The standard InChI is InChI=1S/C17H14ClF5N2O5/c1-3-29-15(27)10-11(24-7-8-5-4-6-30-8)9(14(26)28-2)12(16(18,19)20)25-13(10)17(21,22)23/h4-6H,3,7H2,1-2H3,(H,24,25). The van der Waals surface area contributed by atoms with Crippen LogP contribution in [0.4, 0.5) is 27.6 Å². The second-order valence-electron chi connectivity index (χ2n) is 5.57. The van der Waals surface area contributed by atoms with Crippen LogP contribution in [0.3, 0.4) is 0 Å². The Labute approximate surface area is 171 Å². The quantitative estimate of drug-likeness (QED) is 0.371. The highest BCUT2D eigenvalue weighted by molar-refractivity contribution is 6.22. The minimum Gasteiger partial charge on any atom is -0.467 e. The van der Waals surface area contributed by atoms with E-state index in [-0.39, 0.29) is 18.9 Å². The van der Waals surface area contributed by atoms with E-state index < -0.39 is 51.7 Å². The van der Waals surface area contributed by atoms with Crippen LogP contribution >= 0.6 is 11.6 Å². The topological polar surface area (TPSA) is 90.7 Å². The van der Waals surface area contributed by atoms with E-state index in [9.17, 15) is 31.5 Å². The van der Waals surface area contributed by atoms with Gasteiger partial charge in [-0.2, -0.15) is 22.0 Å². The zero-order valence-corrected chi connectivity index (χ0v) is 16.2. The first-order chi connectivity index (χ1) is 13.9. The highest BCUT2D eigenvalue weighted by atomic mass is 35.5. The molecule has 0 saturated carbocycles. The number of nitrogens with one attached hydrogen (secondary N) is 1. The van der Waals surface area contributed by atoms with Crippen molar-refractivity contribution < 1.29 is 45.4 Å². The largest absolute Gasteiger partial charge is 0.467 e. The third-order valence-corrected chi connectivity index (χ3v) is 3.80. The average molecular weight is 457 g/mol. The number of esters is 2. The van der Waals surface area contributed by atoms with Gasteiger partial charge in [0.2, 0.25) is 0 Å². The molecule has 0 unspecified atom stereocenters. The SMILES string of the molecule is CCOC(=O)c1c(C(F)(F)F)nc(C(F)(F)Cl)c(C(=O)OC)c1NCc1ccco1. The summed E-state index contributed by atoms with van der Waals surface area (Å²) in [7, 11) is 0.802. The molecule has 2 heterocycles. The van der Waals surface area contributed by atoms with E-state index >= 15 is 0 Å². The van der Waals surface area contributed by atoms with Gasteiger partial charge in [-0.15, -0.1) is 0 Å². The molecule has 0 bridgehead atoms. The summed E-state index contributed by atoms with van der Waals surface area (Å²) < 4.78 is 82.7. The molecule has 0 aromatic carbocycles. The Morgan fingerprint density at radius 1 is 1.17 bits per heavy atom. The molecule has 0 fully saturated rings. The van der Waals surface area contributed by atoms with Crippen LogP contribution in [0, 0.1) is 0 Å². The molecule has 2 aromatic heterocycles. The fourth-order valence-electron chi connectivity index (χ4n) is 2.46. The molecule has 30 heavy (non-hydrogen) atoms. The van der Waals surface area contributed by atoms with Crippen LogP contribution in [0.1, 0.15) is 44.8 Å². The van der Waals surface area contributed by atoms with Crippen LogP contribution in [0.15, 0.2) is 22.8 Å². The average Bonchev–Trinajstić information content (AvgIpc) is 3.16. The van der Waals surface area contributed by atoms with Gasteiger partial charge in [-0.25, -0.2) is 14.6 Å². The van der Waals surface area contributed by atoms with Crippen LogP contribution in [-0.2, 0) is 27.6 Å². The minimum absolute atomic E-state index is 0.158. The van der Waals surface area contributed by atoms with Gasteiger partial charge in [0.25, 0.3) is 0 Å². The predicted octanol–water partition coefficient (Wildman–Crippen LogP) is 4.56. The zero-order chi connectivity index (χ0) is 22.7. The fraction of sp³-hybridized carbons (Fsp3) is 0.353. The van der Waals surface area contributed by atoms with E-state index in [1.54, 1.807) is 0 Å². The third-order valence-electron chi connectivity index (χ3n) is 3.62. The lowest BCUT2D eigenvalue weighted by atomic mass is 10.0. The van der Waals surface area contributed by atoms with Crippen molar-refractivity contribution in [2.24, 2.45) is 0 Å². The highest BCUT2D eigenvalue weighted by Gasteiger charge is 2.46. The van der Waals surface area contributed by atoms with E-state index in [0.29, 0.717) is 0 Å². The normalized spacial score (nSPS) is 11.9. The molecule has 0 spiro atoms. The van der Waals surface area contributed by atoms with Crippen molar-refractivity contribution in [2.75, 3.05) is 19.0 Å². The number of nitrogens with zero attached hydrogens (tertiary/aromatic N) is 1. The number of pyridine rings is 1. The Bertz CT molecular complexity index is 926. The Hall–Kier alpha value is -2.89. The molecule has 0 radical (unpaired) electrons. The van der Waals surface area contributed by atoms with Gasteiger partial charge < -0.3 is 19.2 Å². The lowest BCUT2D eigenvalue weighted by Gasteiger charge is -2.22. The lowest BCUT2D eigenvalue weighted by molar-refractivity contribution is -0.142. The van der Waals surface area contributed by atoms with Crippen molar-refractivity contribution in [3.05, 3.63) is 46.7 Å². The maximum atomic E-state index is 13.9. The number of ether oxygens (including phenoxy) is 2. The molecule has 0 atom stereocenters. The van der Waals surface area contributed by atoms with Crippen LogP contribution in [0.5, 0.6) is 0 Å². The lowest BCUT2D eigenvalue weighted by Crippen LogP contribution is -2.27. The van der Waals surface area contributed by atoms with Crippen LogP contribution < -0.4 is 5.32 Å². The number of furan rings is 1. The van der Waals surface area contributed by atoms with Gasteiger partial charge in [-0.1, -0.05) is 0 Å². The van der Waals surface area contributed by atoms with Crippen LogP contribution in [0.2, 0.25) is 0 Å². The summed E-state index contributed by atoms with van der Waals surface area (Å²) in [5.74, 6) is -2.89. The number of carbonyl (C=O) groups excluding carboxylic acids is 2. The second-order valence-corrected chi connectivity index (χ2v) is 6.05. The Morgan fingerprint density at radius 3 is 2.27 bits per heavy atom. The van der Waals surface area contributed by atoms with E-state index in [2.05, 4.69) is 19.8 Å². The van der Waals surface area contributed by atoms with Gasteiger partial charge >= 0.3 is 23.5 Å². The molecule has 164 valence electrons. The van der Waals surface area contributed by atoms with Crippen molar-refractivity contribution in [2.45, 2.75) is 25.0 Å². The summed E-state index contributed by atoms with van der Waals surface area (Å²) in [5.41, 5.74) is -7.11. The van der Waals surface area contributed by atoms with Crippen LogP contribution in [-0.4, -0.2) is 30.6 Å². The number of anilines is 1. The molecule has 0 amide bonds. The maximum Gasteiger partial charge on any atom is 0.434 e. The number of hydrogen-bond acceptors (Lipinski definition) is 7. The van der Waals surface area contributed by atoms with Crippen molar-refractivity contribution in [1.29, 1.82) is 0 Å². The van der Waals surface area contributed by atoms with Gasteiger partial charge in [0, 0.05) is 0 Å². The van der Waals surface area contributed by atoms with Gasteiger partial charge in [0.1, 0.15) is 22.6 Å². The molecule has 0 aliphatic rings. The zero-order valence-electron chi connectivity index (χ0n) is 15.4. The van der Waals surface area contributed by atoms with Gasteiger partial charge in [-0.05, 0) is 30.7 Å². The Kier molecular flexibility index (Phi) is 6.91. The fourth-order valence-corrected chi connectivity index (χ4v) is 2.60. The first kappa shape index (κ1) is 23.4. The van der Waals surface area contributed by atoms with E-state index in [1.807, 2.05) is 0 Å². The number of rotatable bonds is 7. The summed E-state index contributed by atoms with van der Waals surface area (Å²) in [4.78, 5) is 27.3. The summed E-state index contributed by atoms with van der Waals surface area (Å²) >= 11 is 4.92. The summed E-state index contributed by atoms with van der Waals surface area (Å²) in [5, 5.41) is -2.17. The molecule has 0 saturated heterocycles. The first-order valence-corrected chi connectivity index (χ1v) is 8.53. The highest BCUT2D eigenvalue weighted by Crippen LogP contribution is 2.43. The summed E-state index contributed by atoms with van der Waals surface area (Å²) in [6.07, 6.45) is -4.12. The summed E-state index contributed by atoms with van der Waals surface area (Å²) in [6.45, 7) is 0.601. The summed E-state index contributed by atoms with van der Waals surface area (Å²) in [6, 6.07) is 2.87. The number of hydrogen-bond donors (Lipinski definition) is 1. The first-order valence-electron chi connectivity index (χ1n) is 8.15. The number of aromatic nitrogens is 1. The van der Waals surface area contributed by atoms with Crippen molar-refractivity contribution in [3.8, 4) is 0 Å². The van der Waals surface area contributed by atoms with Crippen molar-refractivity contribution in [1.82, 2.24) is 4.98 Å². The molecule has 13 heteroatoms. The van der Waals surface area contributed by atoms with Gasteiger partial charge in [-0.3, -0.25) is 0 Å². The van der Waals surface area contributed by atoms with Crippen LogP contribution in [0.25, 0.3) is 0 Å². The molecule has 0 aliphatic heterocycles. The molecule has 7 nitrogen and oxygen atoms in total. The van der Waals surface area contributed by atoms with Gasteiger partial charge in [0.15, 0.2) is 5.69 Å². The monoisotopic (exact) mass is 456 g/mol. The second kappa shape index (κ2) is 8.86. The van der Waals surface area contributed by atoms with E-state index in [0.717, 1.165) is 7.11 Å². The molecular weight excluding hydrogens is 443 g/mol. The molecule has 1 N–H and O–H groups in total. The smallest absolute Gasteiger partial charge is 0.434 e. The van der Waals surface area contributed by atoms with Gasteiger partial charge in [0.05, 0.1) is 32.2 Å².